The largest absolute Gasteiger partial charge is 0.497 e. The summed E-state index contributed by atoms with van der Waals surface area (Å²) in [7, 11) is 1.57. The van der Waals surface area contributed by atoms with E-state index in [-0.39, 0.29) is 23.9 Å². The molecule has 0 unspecified atom stereocenters. The molecule has 9 heteroatoms. The van der Waals surface area contributed by atoms with E-state index in [4.69, 9.17) is 4.74 Å². The summed E-state index contributed by atoms with van der Waals surface area (Å²) in [5.41, 5.74) is 2.38. The molecular weight excluding hydrogens is 458 g/mol. The molecule has 0 atom stereocenters. The van der Waals surface area contributed by atoms with Gasteiger partial charge in [0.2, 0.25) is 0 Å². The number of nitrogens with zero attached hydrogens (tertiary/aromatic N) is 3. The Morgan fingerprint density at radius 3 is 2.17 bits per heavy atom. The Balaban J connectivity index is 1.82. The van der Waals surface area contributed by atoms with E-state index in [0.29, 0.717) is 61.8 Å². The zero-order valence-electron chi connectivity index (χ0n) is 21.8. The van der Waals surface area contributed by atoms with Gasteiger partial charge >= 0.3 is 6.03 Å². The molecule has 0 aromatic heterocycles. The Morgan fingerprint density at radius 2 is 1.61 bits per heavy atom. The molecule has 9 nitrogen and oxygen atoms in total. The number of methoxy groups -OCH3 is 1. The molecule has 2 aromatic rings. The lowest BCUT2D eigenvalue weighted by Gasteiger charge is -2.37. The molecule has 2 aromatic carbocycles. The highest BCUT2D eigenvalue weighted by Gasteiger charge is 2.26. The van der Waals surface area contributed by atoms with Gasteiger partial charge in [-0.3, -0.25) is 9.59 Å². The molecule has 3 rings (SSSR count). The highest BCUT2D eigenvalue weighted by molar-refractivity contribution is 6.06. The quantitative estimate of drug-likeness (QED) is 0.583. The fourth-order valence-electron chi connectivity index (χ4n) is 4.18. The third-order valence-electron chi connectivity index (χ3n) is 6.21. The summed E-state index contributed by atoms with van der Waals surface area (Å²) >= 11 is 0. The van der Waals surface area contributed by atoms with Crippen molar-refractivity contribution in [3.05, 3.63) is 53.6 Å². The van der Waals surface area contributed by atoms with Gasteiger partial charge in [-0.05, 0) is 70.2 Å². The van der Waals surface area contributed by atoms with Gasteiger partial charge in [-0.15, -0.1) is 0 Å². The predicted molar refractivity (Wildman–Crippen MR) is 142 cm³/mol. The minimum atomic E-state index is -0.267. The topological polar surface area (TPSA) is 94.2 Å². The average Bonchev–Trinajstić information content (AvgIpc) is 2.89. The summed E-state index contributed by atoms with van der Waals surface area (Å²) in [6.45, 7) is 11.3. The van der Waals surface area contributed by atoms with Gasteiger partial charge in [0.1, 0.15) is 5.75 Å². The molecule has 1 fully saturated rings. The van der Waals surface area contributed by atoms with Crippen molar-refractivity contribution in [3.63, 3.8) is 0 Å². The van der Waals surface area contributed by atoms with Gasteiger partial charge in [-0.25, -0.2) is 4.79 Å². The summed E-state index contributed by atoms with van der Waals surface area (Å²) in [4.78, 5) is 44.3. The Hall–Kier alpha value is -3.75. The number of urea groups is 1. The van der Waals surface area contributed by atoms with Gasteiger partial charge in [-0.2, -0.15) is 0 Å². The van der Waals surface area contributed by atoms with Crippen LogP contribution < -0.4 is 20.3 Å². The SMILES string of the molecule is CCN(CC)C(=O)c1cc(NC(=O)c2ccc(OC)cc2)ccc1N1CCN(C(=O)NC(C)C)CC1. The molecule has 1 heterocycles. The zero-order chi connectivity index (χ0) is 26.2. The van der Waals surface area contributed by atoms with Crippen LogP contribution >= 0.6 is 0 Å². The standard InChI is InChI=1S/C27H37N5O4/c1-6-30(7-2)26(34)23-18-21(29-25(33)20-8-11-22(36-5)12-9-20)10-13-24(23)31-14-16-32(17-15-31)27(35)28-19(3)4/h8-13,18-19H,6-7,14-17H2,1-5H3,(H,28,35)(H,29,33). The number of rotatable bonds is 8. The van der Waals surface area contributed by atoms with Crippen molar-refractivity contribution in [2.24, 2.45) is 0 Å². The minimum absolute atomic E-state index is 0.0688. The molecule has 0 saturated carbocycles. The number of carbonyl (C=O) groups is 3. The van der Waals surface area contributed by atoms with E-state index < -0.39 is 0 Å². The van der Waals surface area contributed by atoms with Crippen LogP contribution in [-0.2, 0) is 0 Å². The molecule has 2 N–H and O–H groups in total. The second-order valence-electron chi connectivity index (χ2n) is 8.97. The minimum Gasteiger partial charge on any atom is -0.497 e. The first-order chi connectivity index (χ1) is 17.3. The van der Waals surface area contributed by atoms with Crippen molar-refractivity contribution in [3.8, 4) is 5.75 Å². The number of piperazine rings is 1. The van der Waals surface area contributed by atoms with E-state index in [0.717, 1.165) is 5.69 Å². The maximum Gasteiger partial charge on any atom is 0.317 e. The van der Waals surface area contributed by atoms with Crippen LogP contribution in [-0.4, -0.2) is 80.1 Å². The second-order valence-corrected chi connectivity index (χ2v) is 8.97. The average molecular weight is 496 g/mol. The lowest BCUT2D eigenvalue weighted by atomic mass is 10.1. The highest BCUT2D eigenvalue weighted by atomic mass is 16.5. The number of benzene rings is 2. The van der Waals surface area contributed by atoms with E-state index in [2.05, 4.69) is 15.5 Å². The summed E-state index contributed by atoms with van der Waals surface area (Å²) in [6.07, 6.45) is 0. The van der Waals surface area contributed by atoms with Crippen LogP contribution in [0.1, 0.15) is 48.4 Å². The number of carbonyl (C=O) groups excluding carboxylic acids is 3. The summed E-state index contributed by atoms with van der Waals surface area (Å²) in [5.74, 6) is 0.316. The van der Waals surface area contributed by atoms with Crippen LogP contribution in [0.25, 0.3) is 0 Å². The third-order valence-corrected chi connectivity index (χ3v) is 6.21. The van der Waals surface area contributed by atoms with Gasteiger partial charge in [0, 0.05) is 62.2 Å². The van der Waals surface area contributed by atoms with Gasteiger partial charge in [0.25, 0.3) is 11.8 Å². The highest BCUT2D eigenvalue weighted by Crippen LogP contribution is 2.27. The fraction of sp³-hybridized carbons (Fsp3) is 0.444. The molecule has 36 heavy (non-hydrogen) atoms. The smallest absolute Gasteiger partial charge is 0.317 e. The van der Waals surface area contributed by atoms with Gasteiger partial charge in [0.05, 0.1) is 12.7 Å². The summed E-state index contributed by atoms with van der Waals surface area (Å²) < 4.78 is 5.16. The molecule has 0 bridgehead atoms. The van der Waals surface area contributed by atoms with E-state index >= 15 is 0 Å². The van der Waals surface area contributed by atoms with Crippen molar-refractivity contribution in [2.75, 3.05) is 56.6 Å². The molecule has 1 aliphatic heterocycles. The van der Waals surface area contributed by atoms with Gasteiger partial charge in [0.15, 0.2) is 0 Å². The fourth-order valence-corrected chi connectivity index (χ4v) is 4.18. The van der Waals surface area contributed by atoms with Crippen LogP contribution in [0.2, 0.25) is 0 Å². The van der Waals surface area contributed by atoms with E-state index in [1.807, 2.05) is 39.8 Å². The normalized spacial score (nSPS) is 13.4. The Labute approximate surface area is 213 Å². The molecule has 4 amide bonds. The summed E-state index contributed by atoms with van der Waals surface area (Å²) in [5, 5.41) is 5.84. The monoisotopic (exact) mass is 495 g/mol. The maximum absolute atomic E-state index is 13.4. The molecule has 0 aliphatic carbocycles. The number of hydrogen-bond acceptors (Lipinski definition) is 5. The lowest BCUT2D eigenvalue weighted by Crippen LogP contribution is -2.53. The first-order valence-electron chi connectivity index (χ1n) is 12.5. The van der Waals surface area contributed by atoms with Crippen LogP contribution in [0, 0.1) is 0 Å². The summed E-state index contributed by atoms with van der Waals surface area (Å²) in [6, 6.07) is 12.3. The van der Waals surface area contributed by atoms with Crippen molar-refractivity contribution in [2.45, 2.75) is 33.7 Å². The number of hydrogen-bond donors (Lipinski definition) is 2. The van der Waals surface area contributed by atoms with E-state index in [1.165, 1.54) is 0 Å². The zero-order valence-corrected chi connectivity index (χ0v) is 21.8. The Kier molecular flexibility index (Phi) is 9.16. The predicted octanol–water partition coefficient (Wildman–Crippen LogP) is 3.67. The molecule has 0 spiro atoms. The van der Waals surface area contributed by atoms with Crippen molar-refractivity contribution < 1.29 is 19.1 Å². The first-order valence-corrected chi connectivity index (χ1v) is 12.5. The Morgan fingerprint density at radius 1 is 0.972 bits per heavy atom. The third kappa shape index (κ3) is 6.47. The first kappa shape index (κ1) is 26.8. The molecule has 0 radical (unpaired) electrons. The van der Waals surface area contributed by atoms with Crippen molar-refractivity contribution >= 4 is 29.2 Å². The number of nitrogens with one attached hydrogen (secondary N) is 2. The number of amides is 4. The van der Waals surface area contributed by atoms with Crippen LogP contribution in [0.4, 0.5) is 16.2 Å². The Bertz CT molecular complexity index is 1060. The molecule has 194 valence electrons. The maximum atomic E-state index is 13.4. The number of ether oxygens (including phenoxy) is 1. The second kappa shape index (κ2) is 12.3. The van der Waals surface area contributed by atoms with Crippen LogP contribution in [0.5, 0.6) is 5.75 Å². The van der Waals surface area contributed by atoms with Crippen molar-refractivity contribution in [1.29, 1.82) is 0 Å². The molecular formula is C27H37N5O4. The van der Waals surface area contributed by atoms with Crippen LogP contribution in [0.3, 0.4) is 0 Å². The molecule has 1 aliphatic rings. The number of anilines is 2. The molecule has 1 saturated heterocycles. The van der Waals surface area contributed by atoms with E-state index in [9.17, 15) is 14.4 Å². The van der Waals surface area contributed by atoms with Crippen molar-refractivity contribution in [1.82, 2.24) is 15.1 Å². The van der Waals surface area contributed by atoms with Gasteiger partial charge < -0.3 is 30.1 Å². The lowest BCUT2D eigenvalue weighted by molar-refractivity contribution is 0.0773. The van der Waals surface area contributed by atoms with Crippen LogP contribution in [0.15, 0.2) is 42.5 Å². The van der Waals surface area contributed by atoms with Gasteiger partial charge in [-0.1, -0.05) is 0 Å². The van der Waals surface area contributed by atoms with E-state index in [1.54, 1.807) is 47.2 Å².